The van der Waals surface area contributed by atoms with Gasteiger partial charge in [0.2, 0.25) is 0 Å². The smallest absolute Gasteiger partial charge is 0.258 e. The van der Waals surface area contributed by atoms with Crippen LogP contribution in [0.3, 0.4) is 0 Å². The molecule has 114 valence electrons. The average molecular weight is 297 g/mol. The molecule has 0 aliphatic carbocycles. The van der Waals surface area contributed by atoms with E-state index in [1.807, 2.05) is 19.1 Å². The fourth-order valence-electron chi connectivity index (χ4n) is 2.56. The van der Waals surface area contributed by atoms with E-state index < -0.39 is 0 Å². The molecule has 22 heavy (non-hydrogen) atoms. The van der Waals surface area contributed by atoms with Gasteiger partial charge in [0.1, 0.15) is 5.82 Å². The zero-order chi connectivity index (χ0) is 15.4. The van der Waals surface area contributed by atoms with Gasteiger partial charge in [-0.15, -0.1) is 12.3 Å². The standard InChI is InChI=1S/C16H19N5O/c1-3-4-7-20-8-10-21(11-9-20)15-12-14(5-6-17-15)16-18-13(2)19-22-16/h1,5-6,12H,4,7-11H2,2H3. The van der Waals surface area contributed by atoms with Gasteiger partial charge in [-0.1, -0.05) is 5.16 Å². The highest BCUT2D eigenvalue weighted by molar-refractivity contribution is 5.58. The molecule has 1 saturated heterocycles. The highest BCUT2D eigenvalue weighted by Crippen LogP contribution is 2.22. The van der Waals surface area contributed by atoms with E-state index in [4.69, 9.17) is 10.9 Å². The lowest BCUT2D eigenvalue weighted by molar-refractivity contribution is 0.263. The number of aromatic nitrogens is 3. The molecule has 6 nitrogen and oxygen atoms in total. The van der Waals surface area contributed by atoms with E-state index in [1.165, 1.54) is 0 Å². The van der Waals surface area contributed by atoms with Gasteiger partial charge >= 0.3 is 0 Å². The Morgan fingerprint density at radius 3 is 2.82 bits per heavy atom. The van der Waals surface area contributed by atoms with E-state index in [-0.39, 0.29) is 0 Å². The highest BCUT2D eigenvalue weighted by Gasteiger charge is 2.18. The lowest BCUT2D eigenvalue weighted by atomic mass is 10.2. The molecular weight excluding hydrogens is 278 g/mol. The minimum atomic E-state index is 0.536. The third-order valence-corrected chi connectivity index (χ3v) is 3.79. The van der Waals surface area contributed by atoms with E-state index in [9.17, 15) is 0 Å². The topological polar surface area (TPSA) is 58.3 Å². The number of pyridine rings is 1. The van der Waals surface area contributed by atoms with E-state index in [2.05, 4.69) is 30.8 Å². The van der Waals surface area contributed by atoms with Crippen molar-refractivity contribution in [2.75, 3.05) is 37.6 Å². The molecule has 0 saturated carbocycles. The van der Waals surface area contributed by atoms with E-state index in [1.54, 1.807) is 6.20 Å². The van der Waals surface area contributed by atoms with Crippen molar-refractivity contribution < 1.29 is 4.52 Å². The number of nitrogens with zero attached hydrogens (tertiary/aromatic N) is 5. The Balaban J connectivity index is 1.68. The van der Waals surface area contributed by atoms with Crippen molar-refractivity contribution in [3.8, 4) is 23.8 Å². The van der Waals surface area contributed by atoms with Crippen LogP contribution < -0.4 is 4.90 Å². The number of terminal acetylenes is 1. The molecule has 3 rings (SSSR count). The first-order chi connectivity index (χ1) is 10.8. The second-order valence-electron chi connectivity index (χ2n) is 5.33. The Morgan fingerprint density at radius 2 is 2.14 bits per heavy atom. The number of hydrogen-bond acceptors (Lipinski definition) is 6. The van der Waals surface area contributed by atoms with Gasteiger partial charge in [-0.2, -0.15) is 4.98 Å². The van der Waals surface area contributed by atoms with Crippen LogP contribution in [0.25, 0.3) is 11.5 Å². The molecule has 0 atom stereocenters. The monoisotopic (exact) mass is 297 g/mol. The molecule has 1 aliphatic heterocycles. The number of aryl methyl sites for hydroxylation is 1. The van der Waals surface area contributed by atoms with Crippen molar-refractivity contribution in [2.24, 2.45) is 0 Å². The van der Waals surface area contributed by atoms with Gasteiger partial charge in [-0.25, -0.2) is 4.98 Å². The fraction of sp³-hybridized carbons (Fsp3) is 0.438. The van der Waals surface area contributed by atoms with Gasteiger partial charge in [0.05, 0.1) is 0 Å². The van der Waals surface area contributed by atoms with E-state index in [0.717, 1.165) is 50.5 Å². The predicted octanol–water partition coefficient (Wildman–Crippen LogP) is 1.59. The van der Waals surface area contributed by atoms with Crippen LogP contribution in [0.1, 0.15) is 12.2 Å². The molecule has 6 heteroatoms. The molecule has 0 N–H and O–H groups in total. The second-order valence-corrected chi connectivity index (χ2v) is 5.33. The summed E-state index contributed by atoms with van der Waals surface area (Å²) >= 11 is 0. The Kier molecular flexibility index (Phi) is 4.35. The summed E-state index contributed by atoms with van der Waals surface area (Å²) in [6.07, 6.45) is 7.92. The summed E-state index contributed by atoms with van der Waals surface area (Å²) in [5, 5.41) is 3.83. The van der Waals surface area contributed by atoms with Crippen LogP contribution in [0.15, 0.2) is 22.9 Å². The maximum Gasteiger partial charge on any atom is 0.258 e. The van der Waals surface area contributed by atoms with Crippen molar-refractivity contribution >= 4 is 5.82 Å². The van der Waals surface area contributed by atoms with Crippen LogP contribution in [0.5, 0.6) is 0 Å². The maximum absolute atomic E-state index is 5.32. The molecule has 0 amide bonds. The molecule has 0 unspecified atom stereocenters. The van der Waals surface area contributed by atoms with Crippen molar-refractivity contribution in [3.63, 3.8) is 0 Å². The first-order valence-electron chi connectivity index (χ1n) is 7.44. The summed E-state index contributed by atoms with van der Waals surface area (Å²) in [5.41, 5.74) is 0.903. The number of anilines is 1. The Hall–Kier alpha value is -2.39. The highest BCUT2D eigenvalue weighted by atomic mass is 16.5. The average Bonchev–Trinajstić information content (AvgIpc) is 3.00. The third kappa shape index (κ3) is 3.26. The van der Waals surface area contributed by atoms with Gasteiger partial charge < -0.3 is 9.42 Å². The molecule has 0 bridgehead atoms. The molecule has 2 aromatic rings. The molecule has 3 heterocycles. The minimum Gasteiger partial charge on any atom is -0.354 e. The third-order valence-electron chi connectivity index (χ3n) is 3.79. The first-order valence-corrected chi connectivity index (χ1v) is 7.44. The maximum atomic E-state index is 5.32. The Bertz CT molecular complexity index is 667. The normalized spacial score (nSPS) is 15.7. The lowest BCUT2D eigenvalue weighted by Crippen LogP contribution is -2.46. The van der Waals surface area contributed by atoms with Gasteiger partial charge in [-0.3, -0.25) is 4.90 Å². The summed E-state index contributed by atoms with van der Waals surface area (Å²) < 4.78 is 5.22. The van der Waals surface area contributed by atoms with Crippen molar-refractivity contribution in [1.29, 1.82) is 0 Å². The van der Waals surface area contributed by atoms with Crippen molar-refractivity contribution in [2.45, 2.75) is 13.3 Å². The van der Waals surface area contributed by atoms with Crippen LogP contribution in [-0.4, -0.2) is 52.7 Å². The van der Waals surface area contributed by atoms with Crippen LogP contribution in [0, 0.1) is 19.3 Å². The van der Waals surface area contributed by atoms with Crippen LogP contribution in [0.2, 0.25) is 0 Å². The molecule has 2 aromatic heterocycles. The molecular formula is C16H19N5O. The number of hydrogen-bond donors (Lipinski definition) is 0. The van der Waals surface area contributed by atoms with Gasteiger partial charge in [0, 0.05) is 50.9 Å². The zero-order valence-corrected chi connectivity index (χ0v) is 12.7. The van der Waals surface area contributed by atoms with Crippen molar-refractivity contribution in [3.05, 3.63) is 24.2 Å². The van der Waals surface area contributed by atoms with Crippen LogP contribution in [0.4, 0.5) is 5.82 Å². The fourth-order valence-corrected chi connectivity index (χ4v) is 2.56. The van der Waals surface area contributed by atoms with Gasteiger partial charge in [-0.05, 0) is 19.1 Å². The lowest BCUT2D eigenvalue weighted by Gasteiger charge is -2.35. The summed E-state index contributed by atoms with van der Waals surface area (Å²) in [6, 6.07) is 3.89. The largest absolute Gasteiger partial charge is 0.354 e. The molecule has 0 aromatic carbocycles. The predicted molar refractivity (Wildman–Crippen MR) is 84.4 cm³/mol. The summed E-state index contributed by atoms with van der Waals surface area (Å²) in [4.78, 5) is 13.4. The van der Waals surface area contributed by atoms with Gasteiger partial charge in [0.25, 0.3) is 5.89 Å². The molecule has 0 radical (unpaired) electrons. The second kappa shape index (κ2) is 6.58. The summed E-state index contributed by atoms with van der Waals surface area (Å²) in [5.74, 6) is 4.81. The quantitative estimate of drug-likeness (QED) is 0.799. The Morgan fingerprint density at radius 1 is 1.32 bits per heavy atom. The SMILES string of the molecule is C#CCCN1CCN(c2cc(-c3nc(C)no3)ccn2)CC1. The van der Waals surface area contributed by atoms with Crippen LogP contribution >= 0.6 is 0 Å². The number of piperazine rings is 1. The molecule has 0 spiro atoms. The van der Waals surface area contributed by atoms with E-state index >= 15 is 0 Å². The first kappa shape index (κ1) is 14.5. The van der Waals surface area contributed by atoms with E-state index in [0.29, 0.717) is 11.7 Å². The number of rotatable bonds is 4. The summed E-state index contributed by atoms with van der Waals surface area (Å²) in [7, 11) is 0. The van der Waals surface area contributed by atoms with Crippen molar-refractivity contribution in [1.82, 2.24) is 20.0 Å². The zero-order valence-electron chi connectivity index (χ0n) is 12.7. The van der Waals surface area contributed by atoms with Gasteiger partial charge in [0.15, 0.2) is 5.82 Å². The van der Waals surface area contributed by atoms with Crippen LogP contribution in [-0.2, 0) is 0 Å². The Labute approximate surface area is 130 Å². The molecule has 1 fully saturated rings. The summed E-state index contributed by atoms with van der Waals surface area (Å²) in [6.45, 7) is 6.69. The molecule has 1 aliphatic rings. The minimum absolute atomic E-state index is 0.536.